The topological polar surface area (TPSA) is 0 Å². The van der Waals surface area contributed by atoms with Gasteiger partial charge in [-0.3, -0.25) is 0 Å². The Morgan fingerprint density at radius 2 is 2.30 bits per heavy atom. The zero-order valence-electron chi connectivity index (χ0n) is 7.05. The van der Waals surface area contributed by atoms with Crippen molar-refractivity contribution in [1.29, 1.82) is 0 Å². The highest BCUT2D eigenvalue weighted by Gasteiger charge is 2.08. The summed E-state index contributed by atoms with van der Waals surface area (Å²) < 4.78 is 0. The molecule has 0 saturated carbocycles. The maximum atomic E-state index is 3.72. The fraction of sp³-hybridized carbons (Fsp3) is 0.556. The SMILES string of the molecule is C=CC1C=C(C)SC1.CC. The number of hydrogen-bond acceptors (Lipinski definition) is 1. The first-order valence-electron chi connectivity index (χ1n) is 3.76. The summed E-state index contributed by atoms with van der Waals surface area (Å²) in [4.78, 5) is 1.44. The molecular weight excluding hydrogens is 140 g/mol. The maximum absolute atomic E-state index is 3.72. The molecule has 0 fully saturated rings. The molecule has 0 spiro atoms. The van der Waals surface area contributed by atoms with Crippen molar-refractivity contribution < 1.29 is 0 Å². The van der Waals surface area contributed by atoms with Crippen LogP contribution >= 0.6 is 11.8 Å². The first-order chi connectivity index (χ1) is 4.83. The monoisotopic (exact) mass is 156 g/mol. The van der Waals surface area contributed by atoms with Gasteiger partial charge in [-0.2, -0.15) is 0 Å². The van der Waals surface area contributed by atoms with Gasteiger partial charge in [0, 0.05) is 11.7 Å². The first-order valence-corrected chi connectivity index (χ1v) is 4.75. The van der Waals surface area contributed by atoms with Crippen molar-refractivity contribution in [3.05, 3.63) is 23.6 Å². The molecule has 0 aromatic heterocycles. The lowest BCUT2D eigenvalue weighted by atomic mass is 10.2. The molecule has 1 aliphatic rings. The summed E-state index contributed by atoms with van der Waals surface area (Å²) in [7, 11) is 0. The van der Waals surface area contributed by atoms with Crippen molar-refractivity contribution in [1.82, 2.24) is 0 Å². The van der Waals surface area contributed by atoms with E-state index in [0.29, 0.717) is 5.92 Å². The van der Waals surface area contributed by atoms with E-state index in [1.807, 2.05) is 31.7 Å². The molecule has 0 bridgehead atoms. The Bertz CT molecular complexity index is 125. The summed E-state index contributed by atoms with van der Waals surface area (Å²) in [6, 6.07) is 0. The predicted molar refractivity (Wildman–Crippen MR) is 51.3 cm³/mol. The Balaban J connectivity index is 0.000000371. The summed E-state index contributed by atoms with van der Waals surface area (Å²) >= 11 is 1.92. The molecule has 0 saturated heterocycles. The Morgan fingerprint density at radius 1 is 1.70 bits per heavy atom. The number of hydrogen-bond donors (Lipinski definition) is 0. The van der Waals surface area contributed by atoms with Gasteiger partial charge in [0.05, 0.1) is 0 Å². The van der Waals surface area contributed by atoms with Crippen molar-refractivity contribution in [2.45, 2.75) is 20.8 Å². The van der Waals surface area contributed by atoms with Gasteiger partial charge in [-0.1, -0.05) is 26.0 Å². The molecule has 1 heteroatoms. The highest BCUT2D eigenvalue weighted by molar-refractivity contribution is 8.03. The van der Waals surface area contributed by atoms with Gasteiger partial charge in [-0.25, -0.2) is 0 Å². The van der Waals surface area contributed by atoms with Gasteiger partial charge in [0.15, 0.2) is 0 Å². The van der Waals surface area contributed by atoms with Gasteiger partial charge in [0.1, 0.15) is 0 Å². The molecule has 0 aliphatic carbocycles. The van der Waals surface area contributed by atoms with Crippen LogP contribution in [0.3, 0.4) is 0 Å². The average molecular weight is 156 g/mol. The van der Waals surface area contributed by atoms with Crippen LogP contribution in [0.15, 0.2) is 23.6 Å². The summed E-state index contributed by atoms with van der Waals surface area (Å²) in [5.41, 5.74) is 0. The quantitative estimate of drug-likeness (QED) is 0.524. The number of rotatable bonds is 1. The lowest BCUT2D eigenvalue weighted by Crippen LogP contribution is -1.86. The van der Waals surface area contributed by atoms with E-state index in [0.717, 1.165) is 0 Å². The lowest BCUT2D eigenvalue weighted by Gasteiger charge is -1.91. The Hall–Kier alpha value is -0.170. The third kappa shape index (κ3) is 3.11. The summed E-state index contributed by atoms with van der Waals surface area (Å²) in [6.45, 7) is 9.87. The van der Waals surface area contributed by atoms with Crippen molar-refractivity contribution in [2.24, 2.45) is 5.92 Å². The smallest absolute Gasteiger partial charge is 0.00747 e. The van der Waals surface area contributed by atoms with Crippen molar-refractivity contribution in [3.8, 4) is 0 Å². The molecule has 1 rings (SSSR count). The Kier molecular flexibility index (Phi) is 5.51. The highest BCUT2D eigenvalue weighted by atomic mass is 32.2. The second kappa shape index (κ2) is 5.60. The van der Waals surface area contributed by atoms with Crippen LogP contribution in [0.5, 0.6) is 0 Å². The largest absolute Gasteiger partial charge is 0.130 e. The van der Waals surface area contributed by atoms with Crippen LogP contribution in [-0.4, -0.2) is 5.75 Å². The predicted octanol–water partition coefficient (Wildman–Crippen LogP) is 3.47. The van der Waals surface area contributed by atoms with Gasteiger partial charge in [0.25, 0.3) is 0 Å². The highest BCUT2D eigenvalue weighted by Crippen LogP contribution is 2.28. The van der Waals surface area contributed by atoms with E-state index < -0.39 is 0 Å². The van der Waals surface area contributed by atoms with Crippen LogP contribution in [0.1, 0.15) is 20.8 Å². The van der Waals surface area contributed by atoms with Crippen LogP contribution in [-0.2, 0) is 0 Å². The van der Waals surface area contributed by atoms with Crippen LogP contribution < -0.4 is 0 Å². The number of thioether (sulfide) groups is 1. The molecule has 1 unspecified atom stereocenters. The van der Waals surface area contributed by atoms with E-state index >= 15 is 0 Å². The van der Waals surface area contributed by atoms with Crippen LogP contribution in [0, 0.1) is 5.92 Å². The van der Waals surface area contributed by atoms with E-state index in [1.54, 1.807) is 0 Å². The molecule has 0 aromatic rings. The minimum absolute atomic E-state index is 0.639. The second-order valence-electron chi connectivity index (χ2n) is 1.99. The minimum Gasteiger partial charge on any atom is -0.130 e. The summed E-state index contributed by atoms with van der Waals surface area (Å²) in [6.07, 6.45) is 4.27. The standard InChI is InChI=1S/C7H10S.C2H6/c1-3-7-4-6(2)8-5-7;1-2/h3-4,7H,1,5H2,2H3;1-2H3. The molecule has 0 aromatic carbocycles. The average Bonchev–Trinajstić information content (AvgIpc) is 2.40. The maximum Gasteiger partial charge on any atom is 0.00747 e. The molecule has 0 nitrogen and oxygen atoms in total. The van der Waals surface area contributed by atoms with E-state index in [4.69, 9.17) is 0 Å². The zero-order chi connectivity index (χ0) is 7.98. The third-order valence-corrected chi connectivity index (χ3v) is 2.40. The van der Waals surface area contributed by atoms with E-state index in [1.165, 1.54) is 10.7 Å². The van der Waals surface area contributed by atoms with E-state index in [9.17, 15) is 0 Å². The molecule has 0 radical (unpaired) electrons. The van der Waals surface area contributed by atoms with Crippen molar-refractivity contribution >= 4 is 11.8 Å². The zero-order valence-corrected chi connectivity index (χ0v) is 7.87. The molecule has 1 atom stereocenters. The minimum atomic E-state index is 0.639. The van der Waals surface area contributed by atoms with Gasteiger partial charge in [-0.15, -0.1) is 18.3 Å². The normalized spacial score (nSPS) is 22.7. The third-order valence-electron chi connectivity index (χ3n) is 1.25. The molecule has 10 heavy (non-hydrogen) atoms. The van der Waals surface area contributed by atoms with Gasteiger partial charge in [-0.05, 0) is 11.8 Å². The summed E-state index contributed by atoms with van der Waals surface area (Å²) in [5.74, 6) is 1.84. The molecule has 58 valence electrons. The fourth-order valence-electron chi connectivity index (χ4n) is 0.761. The van der Waals surface area contributed by atoms with E-state index in [-0.39, 0.29) is 0 Å². The van der Waals surface area contributed by atoms with Crippen LogP contribution in [0.25, 0.3) is 0 Å². The van der Waals surface area contributed by atoms with Crippen molar-refractivity contribution in [3.63, 3.8) is 0 Å². The van der Waals surface area contributed by atoms with Crippen LogP contribution in [0.4, 0.5) is 0 Å². The molecule has 1 aliphatic heterocycles. The lowest BCUT2D eigenvalue weighted by molar-refractivity contribution is 0.976. The van der Waals surface area contributed by atoms with Gasteiger partial charge >= 0.3 is 0 Å². The molecular formula is C9H16S. The second-order valence-corrected chi connectivity index (χ2v) is 3.25. The van der Waals surface area contributed by atoms with Gasteiger partial charge < -0.3 is 0 Å². The van der Waals surface area contributed by atoms with Crippen LogP contribution in [0.2, 0.25) is 0 Å². The molecule has 0 amide bonds. The van der Waals surface area contributed by atoms with Crippen molar-refractivity contribution in [2.75, 3.05) is 5.75 Å². The van der Waals surface area contributed by atoms with E-state index in [2.05, 4.69) is 19.6 Å². The van der Waals surface area contributed by atoms with Gasteiger partial charge in [0.2, 0.25) is 0 Å². The molecule has 1 heterocycles. The summed E-state index contributed by atoms with van der Waals surface area (Å²) in [5, 5.41) is 0. The molecule has 0 N–H and O–H groups in total. The Labute approximate surface area is 68.4 Å². The Morgan fingerprint density at radius 3 is 2.50 bits per heavy atom. The first kappa shape index (κ1) is 9.83. The number of allylic oxidation sites excluding steroid dienone is 3. The fourth-order valence-corrected chi connectivity index (χ4v) is 1.72.